The Morgan fingerprint density at radius 1 is 1.58 bits per heavy atom. The highest BCUT2D eigenvalue weighted by Crippen LogP contribution is 2.39. The smallest absolute Gasteiger partial charge is 0.218 e. The molecule has 6 nitrogen and oxygen atoms in total. The number of ether oxygens (including phenoxy) is 2. The number of rotatable bonds is 3. The van der Waals surface area contributed by atoms with Crippen molar-refractivity contribution in [3.63, 3.8) is 0 Å². The Morgan fingerprint density at radius 3 is 3.16 bits per heavy atom. The molecule has 0 fully saturated rings. The summed E-state index contributed by atoms with van der Waals surface area (Å²) in [6.45, 7) is 0.429. The highest BCUT2D eigenvalue weighted by atomic mass is 16.5. The van der Waals surface area contributed by atoms with Crippen molar-refractivity contribution in [1.29, 1.82) is 0 Å². The van der Waals surface area contributed by atoms with Gasteiger partial charge in [-0.05, 0) is 6.07 Å². The minimum absolute atomic E-state index is 0.0717. The third kappa shape index (κ3) is 1.95. The van der Waals surface area contributed by atoms with Crippen molar-refractivity contribution in [1.82, 2.24) is 9.97 Å². The highest BCUT2D eigenvalue weighted by Gasteiger charge is 2.29. The van der Waals surface area contributed by atoms with E-state index < -0.39 is 0 Å². The Bertz CT molecular complexity index is 657. The zero-order valence-corrected chi connectivity index (χ0v) is 10.4. The van der Waals surface area contributed by atoms with Crippen molar-refractivity contribution < 1.29 is 14.3 Å². The molecule has 3 heterocycles. The zero-order chi connectivity index (χ0) is 13.4. The van der Waals surface area contributed by atoms with Crippen LogP contribution in [0.25, 0.3) is 11.0 Å². The molecule has 0 saturated carbocycles. The van der Waals surface area contributed by atoms with E-state index in [0.717, 1.165) is 11.1 Å². The predicted octanol–water partition coefficient (Wildman–Crippen LogP) is 0.990. The van der Waals surface area contributed by atoms with Crippen LogP contribution >= 0.6 is 0 Å². The topological polar surface area (TPSA) is 87.3 Å². The Balaban J connectivity index is 2.17. The number of carbonyl (C=O) groups excluding carboxylic acids is 1. The molecule has 0 radical (unpaired) electrons. The first-order valence-corrected chi connectivity index (χ1v) is 5.94. The fourth-order valence-electron chi connectivity index (χ4n) is 2.35. The number of fused-ring (bicyclic) bond motifs is 3. The van der Waals surface area contributed by atoms with Gasteiger partial charge in [0.25, 0.3) is 0 Å². The summed E-state index contributed by atoms with van der Waals surface area (Å²) in [5.41, 5.74) is 7.62. The van der Waals surface area contributed by atoms with Gasteiger partial charge in [-0.15, -0.1) is 0 Å². The first-order chi connectivity index (χ1) is 9.19. The molecule has 0 unspecified atom stereocenters. The van der Waals surface area contributed by atoms with E-state index in [2.05, 4.69) is 9.97 Å². The number of nitrogens with zero attached hydrogens (tertiary/aromatic N) is 2. The van der Waals surface area contributed by atoms with Crippen molar-refractivity contribution in [2.75, 3.05) is 13.7 Å². The van der Waals surface area contributed by atoms with Crippen LogP contribution in [0.5, 0.6) is 11.6 Å². The van der Waals surface area contributed by atoms with Gasteiger partial charge in [0.1, 0.15) is 11.3 Å². The zero-order valence-electron chi connectivity index (χ0n) is 10.4. The number of aromatic nitrogens is 2. The van der Waals surface area contributed by atoms with Gasteiger partial charge in [-0.1, -0.05) is 0 Å². The normalized spacial score (nSPS) is 17.0. The van der Waals surface area contributed by atoms with Crippen molar-refractivity contribution in [3.05, 3.63) is 23.9 Å². The van der Waals surface area contributed by atoms with E-state index in [4.69, 9.17) is 15.2 Å². The largest absolute Gasteiger partial charge is 0.491 e. The molecule has 0 bridgehead atoms. The van der Waals surface area contributed by atoms with Crippen LogP contribution in [0.1, 0.15) is 17.9 Å². The van der Waals surface area contributed by atoms with E-state index in [1.54, 1.807) is 19.4 Å². The Kier molecular flexibility index (Phi) is 2.70. The molecule has 1 atom stereocenters. The molecule has 6 heteroatoms. The predicted molar refractivity (Wildman–Crippen MR) is 68.1 cm³/mol. The average Bonchev–Trinajstić information content (AvgIpc) is 2.81. The van der Waals surface area contributed by atoms with Crippen molar-refractivity contribution in [3.8, 4) is 11.6 Å². The number of nitrogens with two attached hydrogens (primary N) is 1. The van der Waals surface area contributed by atoms with Crippen LogP contribution in [0.3, 0.4) is 0 Å². The van der Waals surface area contributed by atoms with Crippen LogP contribution in [0.4, 0.5) is 0 Å². The molecule has 0 spiro atoms. The maximum absolute atomic E-state index is 11.1. The minimum Gasteiger partial charge on any atom is -0.491 e. The van der Waals surface area contributed by atoms with Gasteiger partial charge in [-0.25, -0.2) is 4.98 Å². The van der Waals surface area contributed by atoms with Gasteiger partial charge in [-0.3, -0.25) is 9.78 Å². The SMILES string of the molecule is COc1ccc2ncc3c(c2n1)[C@@H](CC(N)=O)CO3. The van der Waals surface area contributed by atoms with Gasteiger partial charge in [0, 0.05) is 24.0 Å². The van der Waals surface area contributed by atoms with Crippen LogP contribution in [0, 0.1) is 0 Å². The molecule has 0 aliphatic carbocycles. The van der Waals surface area contributed by atoms with E-state index in [1.165, 1.54) is 0 Å². The van der Waals surface area contributed by atoms with E-state index in [9.17, 15) is 4.79 Å². The number of hydrogen-bond acceptors (Lipinski definition) is 5. The fourth-order valence-corrected chi connectivity index (χ4v) is 2.35. The molecule has 0 saturated heterocycles. The first-order valence-electron chi connectivity index (χ1n) is 5.94. The van der Waals surface area contributed by atoms with Gasteiger partial charge in [-0.2, -0.15) is 0 Å². The van der Waals surface area contributed by atoms with Gasteiger partial charge >= 0.3 is 0 Å². The number of primary amides is 1. The second-order valence-corrected chi connectivity index (χ2v) is 4.44. The molecule has 0 aromatic carbocycles. The van der Waals surface area contributed by atoms with Crippen molar-refractivity contribution >= 4 is 16.9 Å². The molecule has 1 aliphatic rings. The number of methoxy groups -OCH3 is 1. The quantitative estimate of drug-likeness (QED) is 0.888. The summed E-state index contributed by atoms with van der Waals surface area (Å²) in [6.07, 6.45) is 1.90. The molecule has 1 aliphatic heterocycles. The van der Waals surface area contributed by atoms with Crippen LogP contribution < -0.4 is 15.2 Å². The molecular weight excluding hydrogens is 246 g/mol. The molecule has 98 valence electrons. The number of carbonyl (C=O) groups is 1. The summed E-state index contributed by atoms with van der Waals surface area (Å²) < 4.78 is 10.7. The molecule has 2 N–H and O–H groups in total. The van der Waals surface area contributed by atoms with E-state index >= 15 is 0 Å². The molecule has 1 amide bonds. The third-order valence-corrected chi connectivity index (χ3v) is 3.19. The van der Waals surface area contributed by atoms with Crippen LogP contribution in [0.2, 0.25) is 0 Å². The molecule has 2 aromatic rings. The van der Waals surface area contributed by atoms with E-state index in [-0.39, 0.29) is 18.2 Å². The molecule has 2 aromatic heterocycles. The van der Waals surface area contributed by atoms with Crippen LogP contribution in [-0.2, 0) is 4.79 Å². The molecule has 3 rings (SSSR count). The highest BCUT2D eigenvalue weighted by molar-refractivity contribution is 5.83. The second-order valence-electron chi connectivity index (χ2n) is 4.44. The monoisotopic (exact) mass is 259 g/mol. The van der Waals surface area contributed by atoms with Crippen LogP contribution in [0.15, 0.2) is 18.3 Å². The first kappa shape index (κ1) is 11.7. The summed E-state index contributed by atoms with van der Waals surface area (Å²) in [4.78, 5) is 19.8. The van der Waals surface area contributed by atoms with Crippen molar-refractivity contribution in [2.24, 2.45) is 5.73 Å². The van der Waals surface area contributed by atoms with Crippen LogP contribution in [-0.4, -0.2) is 29.6 Å². The standard InChI is InChI=1S/C13H13N3O3/c1-18-11-3-2-8-13(16-11)12-7(4-10(14)17)6-19-9(12)5-15-8/h2-3,5,7H,4,6H2,1H3,(H2,14,17)/t7-/m0/s1. The van der Waals surface area contributed by atoms with Gasteiger partial charge in [0.15, 0.2) is 0 Å². The Labute approximate surface area is 109 Å². The fraction of sp³-hybridized carbons (Fsp3) is 0.308. The Morgan fingerprint density at radius 2 is 2.42 bits per heavy atom. The van der Waals surface area contributed by atoms with Gasteiger partial charge in [0.2, 0.25) is 11.8 Å². The molecule has 19 heavy (non-hydrogen) atoms. The van der Waals surface area contributed by atoms with Gasteiger partial charge < -0.3 is 15.2 Å². The lowest BCUT2D eigenvalue weighted by Gasteiger charge is -2.09. The number of pyridine rings is 2. The summed E-state index contributed by atoms with van der Waals surface area (Å²) in [7, 11) is 1.56. The lowest BCUT2D eigenvalue weighted by Crippen LogP contribution is -2.16. The van der Waals surface area contributed by atoms with Gasteiger partial charge in [0.05, 0.1) is 25.4 Å². The van der Waals surface area contributed by atoms with E-state index in [1.807, 2.05) is 6.07 Å². The Hall–Kier alpha value is -2.37. The van der Waals surface area contributed by atoms with Crippen molar-refractivity contribution in [2.45, 2.75) is 12.3 Å². The maximum atomic E-state index is 11.1. The summed E-state index contributed by atoms with van der Waals surface area (Å²) >= 11 is 0. The molecular formula is C13H13N3O3. The lowest BCUT2D eigenvalue weighted by molar-refractivity contribution is -0.118. The third-order valence-electron chi connectivity index (χ3n) is 3.19. The lowest BCUT2D eigenvalue weighted by atomic mass is 9.97. The summed E-state index contributed by atoms with van der Waals surface area (Å²) in [6, 6.07) is 3.59. The van der Waals surface area contributed by atoms with E-state index in [0.29, 0.717) is 23.8 Å². The minimum atomic E-state index is -0.352. The average molecular weight is 259 g/mol. The number of hydrogen-bond donors (Lipinski definition) is 1. The summed E-state index contributed by atoms with van der Waals surface area (Å²) in [5.74, 6) is 0.749. The number of amides is 1. The maximum Gasteiger partial charge on any atom is 0.218 e. The summed E-state index contributed by atoms with van der Waals surface area (Å²) in [5, 5.41) is 0. The second kappa shape index (κ2) is 4.38.